The zero-order valence-corrected chi connectivity index (χ0v) is 13.0. The molecular formula is C13H13F3N4O2S. The second-order valence-electron chi connectivity index (χ2n) is 4.56. The Morgan fingerprint density at radius 1 is 1.26 bits per heavy atom. The Hall–Kier alpha value is -2.36. The molecule has 0 aliphatic heterocycles. The lowest BCUT2D eigenvalue weighted by Gasteiger charge is -2.15. The van der Waals surface area contributed by atoms with Crippen LogP contribution in [0.3, 0.4) is 0 Å². The van der Waals surface area contributed by atoms with Crippen LogP contribution in [-0.4, -0.2) is 22.6 Å². The van der Waals surface area contributed by atoms with Crippen molar-refractivity contribution >= 4 is 22.5 Å². The van der Waals surface area contributed by atoms with Crippen molar-refractivity contribution in [1.29, 1.82) is 0 Å². The van der Waals surface area contributed by atoms with Crippen molar-refractivity contribution in [2.24, 2.45) is 0 Å². The number of aromatic nitrogens is 2. The van der Waals surface area contributed by atoms with Crippen LogP contribution in [0.1, 0.15) is 23.5 Å². The molecule has 2 N–H and O–H groups in total. The van der Waals surface area contributed by atoms with Crippen LogP contribution in [0.5, 0.6) is 5.75 Å². The number of hydrogen-bond acceptors (Lipinski definition) is 5. The molecule has 1 aromatic heterocycles. The second kappa shape index (κ2) is 6.82. The van der Waals surface area contributed by atoms with E-state index in [1.807, 2.05) is 0 Å². The Morgan fingerprint density at radius 2 is 1.91 bits per heavy atom. The number of benzene rings is 1. The minimum atomic E-state index is -4.73. The maximum Gasteiger partial charge on any atom is 0.573 e. The number of alkyl halides is 3. The van der Waals surface area contributed by atoms with Crippen molar-refractivity contribution in [3.05, 3.63) is 34.8 Å². The summed E-state index contributed by atoms with van der Waals surface area (Å²) in [7, 11) is 0. The number of amides is 2. The number of carbonyl (C=O) groups is 1. The van der Waals surface area contributed by atoms with Gasteiger partial charge in [0.2, 0.25) is 5.13 Å². The van der Waals surface area contributed by atoms with Gasteiger partial charge in [-0.2, -0.15) is 0 Å². The number of hydrogen-bond donors (Lipinski definition) is 2. The summed E-state index contributed by atoms with van der Waals surface area (Å²) in [5, 5.41) is 13.8. The molecule has 2 amide bonds. The molecular weight excluding hydrogens is 333 g/mol. The zero-order valence-electron chi connectivity index (χ0n) is 12.1. The van der Waals surface area contributed by atoms with E-state index in [2.05, 4.69) is 25.6 Å². The van der Waals surface area contributed by atoms with Gasteiger partial charge in [0.1, 0.15) is 10.8 Å². The van der Waals surface area contributed by atoms with Gasteiger partial charge in [-0.1, -0.05) is 23.5 Å². The van der Waals surface area contributed by atoms with Gasteiger partial charge in [0.15, 0.2) is 0 Å². The number of ether oxygens (including phenoxy) is 1. The van der Waals surface area contributed by atoms with Gasteiger partial charge < -0.3 is 10.1 Å². The summed E-state index contributed by atoms with van der Waals surface area (Å²) in [6, 6.07) is 4.37. The first-order valence-corrected chi connectivity index (χ1v) is 7.28. The molecule has 10 heteroatoms. The molecule has 2 aromatic rings. The van der Waals surface area contributed by atoms with Crippen LogP contribution in [0.25, 0.3) is 0 Å². The smallest absolute Gasteiger partial charge is 0.406 e. The van der Waals surface area contributed by atoms with Gasteiger partial charge in [-0.25, -0.2) is 4.79 Å². The third-order valence-electron chi connectivity index (χ3n) is 2.71. The summed E-state index contributed by atoms with van der Waals surface area (Å²) in [6.07, 6.45) is -4.73. The molecule has 0 radical (unpaired) electrons. The third kappa shape index (κ3) is 5.40. The van der Waals surface area contributed by atoms with E-state index in [0.717, 1.165) is 0 Å². The standard InChI is InChI=1S/C13H13F3N4O2S/c1-7(17-11(21)18-12-20-19-8(2)23-12)9-3-5-10(6-4-9)22-13(14,15)16/h3-7H,1-2H3,(H2,17,18,20,21)/t7-/m1/s1. The largest absolute Gasteiger partial charge is 0.573 e. The van der Waals surface area contributed by atoms with Crippen molar-refractivity contribution in [3.63, 3.8) is 0 Å². The van der Waals surface area contributed by atoms with Gasteiger partial charge in [-0.3, -0.25) is 5.32 Å². The monoisotopic (exact) mass is 346 g/mol. The molecule has 0 unspecified atom stereocenters. The number of urea groups is 1. The molecule has 0 fully saturated rings. The molecule has 0 saturated carbocycles. The van der Waals surface area contributed by atoms with Gasteiger partial charge in [-0.05, 0) is 31.5 Å². The maximum atomic E-state index is 12.1. The van der Waals surface area contributed by atoms with Crippen LogP contribution in [0.4, 0.5) is 23.1 Å². The van der Waals surface area contributed by atoms with E-state index in [1.54, 1.807) is 13.8 Å². The quantitative estimate of drug-likeness (QED) is 0.886. The number of carbonyl (C=O) groups excluding carboxylic acids is 1. The fourth-order valence-corrected chi connectivity index (χ4v) is 2.31. The molecule has 0 bridgehead atoms. The molecule has 0 aliphatic rings. The number of nitrogens with zero attached hydrogens (tertiary/aromatic N) is 2. The molecule has 1 heterocycles. The van der Waals surface area contributed by atoms with E-state index in [4.69, 9.17) is 0 Å². The third-order valence-corrected chi connectivity index (χ3v) is 3.46. The lowest BCUT2D eigenvalue weighted by Crippen LogP contribution is -2.31. The van der Waals surface area contributed by atoms with Crippen LogP contribution in [-0.2, 0) is 0 Å². The van der Waals surface area contributed by atoms with Crippen LogP contribution in [0.2, 0.25) is 0 Å². The van der Waals surface area contributed by atoms with E-state index in [9.17, 15) is 18.0 Å². The highest BCUT2D eigenvalue weighted by atomic mass is 32.1. The maximum absolute atomic E-state index is 12.1. The van der Waals surface area contributed by atoms with Crippen LogP contribution < -0.4 is 15.4 Å². The zero-order chi connectivity index (χ0) is 17.0. The van der Waals surface area contributed by atoms with E-state index < -0.39 is 18.4 Å². The van der Waals surface area contributed by atoms with Gasteiger partial charge in [0.05, 0.1) is 6.04 Å². The molecule has 124 valence electrons. The minimum Gasteiger partial charge on any atom is -0.406 e. The van der Waals surface area contributed by atoms with Crippen molar-refractivity contribution < 1.29 is 22.7 Å². The molecule has 1 atom stereocenters. The lowest BCUT2D eigenvalue weighted by molar-refractivity contribution is -0.274. The molecule has 1 aromatic carbocycles. The molecule has 0 aliphatic carbocycles. The summed E-state index contributed by atoms with van der Waals surface area (Å²) in [6.45, 7) is 3.46. The first-order chi connectivity index (χ1) is 10.7. The summed E-state index contributed by atoms with van der Waals surface area (Å²) >= 11 is 1.23. The number of anilines is 1. The van der Waals surface area contributed by atoms with Gasteiger partial charge >= 0.3 is 12.4 Å². The molecule has 2 rings (SSSR count). The van der Waals surface area contributed by atoms with E-state index in [1.165, 1.54) is 35.6 Å². The van der Waals surface area contributed by atoms with Gasteiger partial charge in [0.25, 0.3) is 0 Å². The van der Waals surface area contributed by atoms with Gasteiger partial charge in [-0.15, -0.1) is 23.4 Å². The number of rotatable bonds is 4. The highest BCUT2D eigenvalue weighted by molar-refractivity contribution is 7.15. The Kier molecular flexibility index (Phi) is 5.04. The Morgan fingerprint density at radius 3 is 2.43 bits per heavy atom. The van der Waals surface area contributed by atoms with Crippen LogP contribution in [0, 0.1) is 6.92 Å². The highest BCUT2D eigenvalue weighted by Gasteiger charge is 2.31. The first-order valence-electron chi connectivity index (χ1n) is 6.46. The predicted octanol–water partition coefficient (Wildman–Crippen LogP) is 3.63. The molecule has 23 heavy (non-hydrogen) atoms. The average molecular weight is 346 g/mol. The Balaban J connectivity index is 1.92. The summed E-state index contributed by atoms with van der Waals surface area (Å²) < 4.78 is 40.0. The fraction of sp³-hybridized carbons (Fsp3) is 0.308. The second-order valence-corrected chi connectivity index (χ2v) is 5.74. The number of nitrogens with one attached hydrogen (secondary N) is 2. The van der Waals surface area contributed by atoms with E-state index in [0.29, 0.717) is 15.7 Å². The minimum absolute atomic E-state index is 0.317. The lowest BCUT2D eigenvalue weighted by atomic mass is 10.1. The van der Waals surface area contributed by atoms with Crippen molar-refractivity contribution in [1.82, 2.24) is 15.5 Å². The fourth-order valence-electron chi connectivity index (χ4n) is 1.72. The van der Waals surface area contributed by atoms with Crippen LogP contribution >= 0.6 is 11.3 Å². The Labute approximate surface area is 133 Å². The SMILES string of the molecule is Cc1nnc(NC(=O)N[C@H](C)c2ccc(OC(F)(F)F)cc2)s1. The highest BCUT2D eigenvalue weighted by Crippen LogP contribution is 2.24. The Bertz CT molecular complexity index is 673. The van der Waals surface area contributed by atoms with Gasteiger partial charge in [0, 0.05) is 0 Å². The number of aryl methyl sites for hydroxylation is 1. The predicted molar refractivity (Wildman–Crippen MR) is 78.3 cm³/mol. The molecule has 0 spiro atoms. The normalized spacial score (nSPS) is 12.6. The summed E-state index contributed by atoms with van der Waals surface area (Å²) in [5.41, 5.74) is 0.628. The van der Waals surface area contributed by atoms with Crippen LogP contribution in [0.15, 0.2) is 24.3 Å². The van der Waals surface area contributed by atoms with E-state index >= 15 is 0 Å². The topological polar surface area (TPSA) is 76.1 Å². The van der Waals surface area contributed by atoms with E-state index in [-0.39, 0.29) is 5.75 Å². The summed E-state index contributed by atoms with van der Waals surface area (Å²) in [5.74, 6) is -0.317. The van der Waals surface area contributed by atoms with Crippen molar-refractivity contribution in [2.75, 3.05) is 5.32 Å². The number of halogens is 3. The molecule has 0 saturated heterocycles. The summed E-state index contributed by atoms with van der Waals surface area (Å²) in [4.78, 5) is 11.8. The van der Waals surface area contributed by atoms with Crippen molar-refractivity contribution in [3.8, 4) is 5.75 Å². The average Bonchev–Trinajstić information content (AvgIpc) is 2.82. The van der Waals surface area contributed by atoms with Crippen molar-refractivity contribution in [2.45, 2.75) is 26.3 Å². The molecule has 6 nitrogen and oxygen atoms in total. The first kappa shape index (κ1) is 17.0.